The van der Waals surface area contributed by atoms with Crippen LogP contribution in [0.25, 0.3) is 0 Å². The molecular weight excluding hydrogens is 239 g/mol. The number of hydrogen-bond acceptors (Lipinski definition) is 5. The lowest BCUT2D eigenvalue weighted by atomic mass is 9.95. The fourth-order valence-corrected chi connectivity index (χ4v) is 1.05. The van der Waals surface area contributed by atoms with Crippen molar-refractivity contribution in [1.82, 2.24) is 15.2 Å². The summed E-state index contributed by atoms with van der Waals surface area (Å²) in [6.07, 6.45) is 0. The van der Waals surface area contributed by atoms with Crippen molar-refractivity contribution in [3.05, 3.63) is 10.4 Å². The number of aromatic nitrogens is 3. The molecule has 1 heterocycles. The average Bonchev–Trinajstić information content (AvgIpc) is 2.20. The van der Waals surface area contributed by atoms with Gasteiger partial charge in [0.05, 0.1) is 0 Å². The predicted octanol–water partition coefficient (Wildman–Crippen LogP) is 1.61. The van der Waals surface area contributed by atoms with Crippen LogP contribution >= 0.6 is 23.2 Å². The number of halogens is 2. The van der Waals surface area contributed by atoms with Crippen molar-refractivity contribution in [1.29, 1.82) is 0 Å². The molecule has 0 spiro atoms. The Morgan fingerprint density at radius 1 is 1.33 bits per heavy atom. The van der Waals surface area contributed by atoms with Crippen molar-refractivity contribution in [2.45, 2.75) is 13.8 Å². The van der Waals surface area contributed by atoms with Gasteiger partial charge in [0.25, 0.3) is 0 Å². The van der Waals surface area contributed by atoms with Crippen molar-refractivity contribution >= 4 is 29.0 Å². The van der Waals surface area contributed by atoms with Gasteiger partial charge in [-0.2, -0.15) is 4.98 Å². The SMILES string of the molecule is CC(C)(CO)CNc1nc(Cl)nnc1Cl. The van der Waals surface area contributed by atoms with E-state index in [4.69, 9.17) is 28.3 Å². The first-order chi connectivity index (χ1) is 6.94. The van der Waals surface area contributed by atoms with E-state index in [9.17, 15) is 0 Å². The lowest BCUT2D eigenvalue weighted by Gasteiger charge is -2.22. The molecule has 0 radical (unpaired) electrons. The van der Waals surface area contributed by atoms with Crippen LogP contribution in [0, 0.1) is 5.41 Å². The van der Waals surface area contributed by atoms with Crippen LogP contribution in [0.5, 0.6) is 0 Å². The van der Waals surface area contributed by atoms with Gasteiger partial charge in [0.1, 0.15) is 0 Å². The first-order valence-corrected chi connectivity index (χ1v) is 5.11. The minimum absolute atomic E-state index is 0.0312. The van der Waals surface area contributed by atoms with Gasteiger partial charge in [-0.05, 0) is 11.6 Å². The molecule has 1 rings (SSSR count). The Hall–Kier alpha value is -0.650. The lowest BCUT2D eigenvalue weighted by Crippen LogP contribution is -2.27. The highest BCUT2D eigenvalue weighted by Gasteiger charge is 2.17. The van der Waals surface area contributed by atoms with E-state index in [1.807, 2.05) is 13.8 Å². The van der Waals surface area contributed by atoms with Crippen LogP contribution in [-0.2, 0) is 0 Å². The standard InChI is InChI=1S/C8H12Cl2N4O/c1-8(2,4-15)3-11-6-5(9)13-14-7(10)12-6/h15H,3-4H2,1-2H3,(H,11,12,14). The van der Waals surface area contributed by atoms with E-state index in [2.05, 4.69) is 20.5 Å². The Balaban J connectivity index is 2.69. The van der Waals surface area contributed by atoms with Crippen LogP contribution in [0.3, 0.4) is 0 Å². The van der Waals surface area contributed by atoms with E-state index in [1.54, 1.807) is 0 Å². The maximum atomic E-state index is 9.05. The first kappa shape index (κ1) is 12.4. The smallest absolute Gasteiger partial charge is 0.245 e. The molecule has 0 aromatic carbocycles. The quantitative estimate of drug-likeness (QED) is 0.850. The minimum atomic E-state index is -0.263. The van der Waals surface area contributed by atoms with Crippen LogP contribution in [-0.4, -0.2) is 33.4 Å². The zero-order valence-corrected chi connectivity index (χ0v) is 9.97. The lowest BCUT2D eigenvalue weighted by molar-refractivity contribution is 0.170. The van der Waals surface area contributed by atoms with Gasteiger partial charge >= 0.3 is 0 Å². The van der Waals surface area contributed by atoms with Crippen LogP contribution in [0.1, 0.15) is 13.8 Å². The topological polar surface area (TPSA) is 70.9 Å². The third-order valence-electron chi connectivity index (χ3n) is 1.78. The molecule has 5 nitrogen and oxygen atoms in total. The highest BCUT2D eigenvalue weighted by molar-refractivity contribution is 6.32. The minimum Gasteiger partial charge on any atom is -0.396 e. The maximum Gasteiger partial charge on any atom is 0.245 e. The number of rotatable bonds is 4. The predicted molar refractivity (Wildman–Crippen MR) is 59.2 cm³/mol. The van der Waals surface area contributed by atoms with Crippen molar-refractivity contribution in [2.75, 3.05) is 18.5 Å². The van der Waals surface area contributed by atoms with Crippen molar-refractivity contribution < 1.29 is 5.11 Å². The van der Waals surface area contributed by atoms with E-state index < -0.39 is 0 Å². The summed E-state index contributed by atoms with van der Waals surface area (Å²) < 4.78 is 0. The molecule has 0 aliphatic carbocycles. The zero-order valence-electron chi connectivity index (χ0n) is 8.46. The highest BCUT2D eigenvalue weighted by Crippen LogP contribution is 2.19. The van der Waals surface area contributed by atoms with Crippen LogP contribution in [0.15, 0.2) is 0 Å². The molecule has 0 aliphatic rings. The molecular formula is C8H12Cl2N4O. The molecule has 15 heavy (non-hydrogen) atoms. The molecule has 84 valence electrons. The van der Waals surface area contributed by atoms with Gasteiger partial charge in [0.15, 0.2) is 11.0 Å². The summed E-state index contributed by atoms with van der Waals surface area (Å²) in [5.74, 6) is 0.373. The number of nitrogens with zero attached hydrogens (tertiary/aromatic N) is 3. The summed E-state index contributed by atoms with van der Waals surface area (Å²) in [4.78, 5) is 3.88. The third-order valence-corrected chi connectivity index (χ3v) is 2.20. The monoisotopic (exact) mass is 250 g/mol. The second kappa shape index (κ2) is 4.92. The highest BCUT2D eigenvalue weighted by atomic mass is 35.5. The summed E-state index contributed by atoms with van der Waals surface area (Å²) in [5, 5.41) is 19.3. The van der Waals surface area contributed by atoms with E-state index in [1.165, 1.54) is 0 Å². The first-order valence-electron chi connectivity index (χ1n) is 4.35. The molecule has 0 unspecified atom stereocenters. The molecule has 0 aliphatic heterocycles. The van der Waals surface area contributed by atoms with Crippen molar-refractivity contribution in [3.8, 4) is 0 Å². The summed E-state index contributed by atoms with van der Waals surface area (Å²) >= 11 is 11.3. The number of aliphatic hydroxyl groups is 1. The van der Waals surface area contributed by atoms with Gasteiger partial charge in [-0.15, -0.1) is 10.2 Å². The second-order valence-electron chi connectivity index (χ2n) is 3.90. The van der Waals surface area contributed by atoms with Gasteiger partial charge in [-0.1, -0.05) is 25.4 Å². The fraction of sp³-hybridized carbons (Fsp3) is 0.625. The molecule has 0 amide bonds. The van der Waals surface area contributed by atoms with Gasteiger partial charge < -0.3 is 10.4 Å². The Kier molecular flexibility index (Phi) is 4.07. The fourth-order valence-electron chi connectivity index (χ4n) is 0.785. The summed E-state index contributed by atoms with van der Waals surface area (Å²) in [5.41, 5.74) is -0.263. The van der Waals surface area contributed by atoms with Crippen molar-refractivity contribution in [2.24, 2.45) is 5.41 Å². The summed E-state index contributed by atoms with van der Waals surface area (Å²) in [6, 6.07) is 0. The van der Waals surface area contributed by atoms with Gasteiger partial charge in [-0.25, -0.2) is 0 Å². The summed E-state index contributed by atoms with van der Waals surface area (Å²) in [6.45, 7) is 4.39. The molecule has 0 fully saturated rings. The van der Waals surface area contributed by atoms with Crippen LogP contribution in [0.4, 0.5) is 5.82 Å². The van der Waals surface area contributed by atoms with E-state index in [-0.39, 0.29) is 22.5 Å². The second-order valence-corrected chi connectivity index (χ2v) is 4.59. The van der Waals surface area contributed by atoms with E-state index in [0.717, 1.165) is 0 Å². The Morgan fingerprint density at radius 2 is 2.00 bits per heavy atom. The summed E-state index contributed by atoms with van der Waals surface area (Å²) in [7, 11) is 0. The average molecular weight is 251 g/mol. The molecule has 0 atom stereocenters. The van der Waals surface area contributed by atoms with Crippen LogP contribution in [0.2, 0.25) is 10.4 Å². The van der Waals surface area contributed by atoms with Gasteiger partial charge in [0, 0.05) is 18.6 Å². The Labute approximate surface area is 97.8 Å². The van der Waals surface area contributed by atoms with Crippen molar-refractivity contribution in [3.63, 3.8) is 0 Å². The molecule has 0 saturated heterocycles. The molecule has 2 N–H and O–H groups in total. The Morgan fingerprint density at radius 3 is 2.60 bits per heavy atom. The number of aliphatic hydroxyl groups excluding tert-OH is 1. The zero-order chi connectivity index (χ0) is 11.5. The molecule has 1 aromatic heterocycles. The van der Waals surface area contributed by atoms with Gasteiger partial charge in [-0.3, -0.25) is 0 Å². The number of nitrogens with one attached hydrogen (secondary N) is 1. The third kappa shape index (κ3) is 3.77. The molecule has 1 aromatic rings. The van der Waals surface area contributed by atoms with Gasteiger partial charge in [0.2, 0.25) is 5.28 Å². The van der Waals surface area contributed by atoms with Crippen LogP contribution < -0.4 is 5.32 Å². The van der Waals surface area contributed by atoms with E-state index in [0.29, 0.717) is 12.4 Å². The molecule has 0 bridgehead atoms. The largest absolute Gasteiger partial charge is 0.396 e. The number of anilines is 1. The number of hydrogen-bond donors (Lipinski definition) is 2. The normalized spacial score (nSPS) is 11.5. The Bertz CT molecular complexity index is 345. The molecule has 7 heteroatoms. The maximum absolute atomic E-state index is 9.05. The van der Waals surface area contributed by atoms with E-state index >= 15 is 0 Å². The molecule has 0 saturated carbocycles.